The van der Waals surface area contributed by atoms with Crippen LogP contribution in [0.25, 0.3) is 0 Å². The first-order chi connectivity index (χ1) is 8.86. The van der Waals surface area contributed by atoms with E-state index < -0.39 is 18.1 Å². The van der Waals surface area contributed by atoms with Crippen LogP contribution in [0, 0.1) is 0 Å². The van der Waals surface area contributed by atoms with E-state index in [4.69, 9.17) is 5.73 Å². The molecule has 0 spiro atoms. The minimum atomic E-state index is -5.67. The Hall–Kier alpha value is -0.530. The van der Waals surface area contributed by atoms with Crippen LogP contribution in [0.1, 0.15) is 32.4 Å². The maximum absolute atomic E-state index is 13.4. The van der Waals surface area contributed by atoms with E-state index in [9.17, 15) is 22.0 Å². The van der Waals surface area contributed by atoms with Gasteiger partial charge >= 0.3 is 12.1 Å². The standard InChI is InChI=1S/C13H16F5NS.ClH/c1-11(2,3)20-9-7-5-4-6-8(9)10(19)12(14,15)13(16,17)18;/h4-7,10H,19H2,1-3H3;1H/t10-;/m1./s1. The Kier molecular flexibility index (Phi) is 6.54. The zero-order chi connectivity index (χ0) is 15.8. The maximum Gasteiger partial charge on any atom is 0.455 e. The van der Waals surface area contributed by atoms with Crippen LogP contribution in [0.4, 0.5) is 22.0 Å². The molecule has 21 heavy (non-hydrogen) atoms. The molecule has 0 saturated heterocycles. The van der Waals surface area contributed by atoms with Crippen LogP contribution in [0.3, 0.4) is 0 Å². The molecular formula is C13H17ClF5NS. The fourth-order valence-electron chi connectivity index (χ4n) is 1.53. The van der Waals surface area contributed by atoms with Gasteiger partial charge < -0.3 is 5.73 Å². The van der Waals surface area contributed by atoms with Gasteiger partial charge in [-0.05, 0) is 11.6 Å². The molecule has 1 aromatic carbocycles. The lowest BCUT2D eigenvalue weighted by Crippen LogP contribution is -2.46. The first kappa shape index (κ1) is 20.5. The van der Waals surface area contributed by atoms with Gasteiger partial charge in [-0.2, -0.15) is 22.0 Å². The molecule has 1 rings (SSSR count). The summed E-state index contributed by atoms with van der Waals surface area (Å²) < 4.78 is 63.6. The van der Waals surface area contributed by atoms with Gasteiger partial charge in [-0.1, -0.05) is 39.0 Å². The van der Waals surface area contributed by atoms with E-state index in [0.29, 0.717) is 4.90 Å². The second kappa shape index (κ2) is 6.71. The number of halogens is 6. The Morgan fingerprint density at radius 2 is 1.48 bits per heavy atom. The van der Waals surface area contributed by atoms with E-state index in [1.165, 1.54) is 30.0 Å². The number of hydrogen-bond acceptors (Lipinski definition) is 2. The van der Waals surface area contributed by atoms with Crippen LogP contribution in [-0.4, -0.2) is 16.8 Å². The number of rotatable bonds is 3. The van der Waals surface area contributed by atoms with E-state index in [0.717, 1.165) is 0 Å². The van der Waals surface area contributed by atoms with Crippen molar-refractivity contribution in [2.75, 3.05) is 0 Å². The lowest BCUT2D eigenvalue weighted by atomic mass is 10.0. The fourth-order valence-corrected chi connectivity index (χ4v) is 2.65. The van der Waals surface area contributed by atoms with Crippen LogP contribution in [0.5, 0.6) is 0 Å². The van der Waals surface area contributed by atoms with Crippen molar-refractivity contribution in [3.63, 3.8) is 0 Å². The summed E-state index contributed by atoms with van der Waals surface area (Å²) in [6.45, 7) is 5.51. The Bertz CT molecular complexity index is 470. The van der Waals surface area contributed by atoms with Crippen molar-refractivity contribution in [3.8, 4) is 0 Å². The smallest absolute Gasteiger partial charge is 0.319 e. The van der Waals surface area contributed by atoms with E-state index >= 15 is 0 Å². The van der Waals surface area contributed by atoms with Gasteiger partial charge in [-0.3, -0.25) is 0 Å². The van der Waals surface area contributed by atoms with Gasteiger partial charge in [-0.25, -0.2) is 0 Å². The zero-order valence-corrected chi connectivity index (χ0v) is 13.3. The highest BCUT2D eigenvalue weighted by molar-refractivity contribution is 8.00. The largest absolute Gasteiger partial charge is 0.455 e. The van der Waals surface area contributed by atoms with E-state index in [1.54, 1.807) is 6.07 Å². The van der Waals surface area contributed by atoms with Crippen LogP contribution in [0.2, 0.25) is 0 Å². The molecule has 0 heterocycles. The molecule has 0 aliphatic heterocycles. The van der Waals surface area contributed by atoms with Gasteiger partial charge in [0, 0.05) is 9.64 Å². The summed E-state index contributed by atoms with van der Waals surface area (Å²) in [5, 5.41) is 0. The number of thioether (sulfide) groups is 1. The highest BCUT2D eigenvalue weighted by Gasteiger charge is 2.62. The molecule has 1 nitrogen and oxygen atoms in total. The molecule has 0 fully saturated rings. The Balaban J connectivity index is 0.00000400. The van der Waals surface area contributed by atoms with Gasteiger partial charge in [0.2, 0.25) is 0 Å². The van der Waals surface area contributed by atoms with Gasteiger partial charge in [0.1, 0.15) is 6.04 Å². The molecule has 0 amide bonds. The molecule has 0 aromatic heterocycles. The van der Waals surface area contributed by atoms with Gasteiger partial charge in [0.25, 0.3) is 0 Å². The topological polar surface area (TPSA) is 26.0 Å². The molecule has 0 unspecified atom stereocenters. The maximum atomic E-state index is 13.4. The molecule has 2 N–H and O–H groups in total. The first-order valence-electron chi connectivity index (χ1n) is 5.84. The summed E-state index contributed by atoms with van der Waals surface area (Å²) in [5.41, 5.74) is 5.00. The fraction of sp³-hybridized carbons (Fsp3) is 0.538. The van der Waals surface area contributed by atoms with Crippen molar-refractivity contribution in [1.29, 1.82) is 0 Å². The molecule has 1 atom stereocenters. The summed E-state index contributed by atoms with van der Waals surface area (Å²) in [6.07, 6.45) is -5.67. The number of hydrogen-bond donors (Lipinski definition) is 1. The monoisotopic (exact) mass is 349 g/mol. The number of alkyl halides is 5. The van der Waals surface area contributed by atoms with Crippen LogP contribution >= 0.6 is 24.2 Å². The highest BCUT2D eigenvalue weighted by Crippen LogP contribution is 2.46. The minimum Gasteiger partial charge on any atom is -0.319 e. The van der Waals surface area contributed by atoms with E-state index in [1.807, 2.05) is 20.8 Å². The molecular weight excluding hydrogens is 333 g/mol. The summed E-state index contributed by atoms with van der Waals surface area (Å²) >= 11 is 1.20. The van der Waals surface area contributed by atoms with E-state index in [-0.39, 0.29) is 22.7 Å². The third kappa shape index (κ3) is 5.00. The average molecular weight is 350 g/mol. The Labute approximate surface area is 130 Å². The van der Waals surface area contributed by atoms with Crippen LogP contribution < -0.4 is 5.73 Å². The van der Waals surface area contributed by atoms with Crippen LogP contribution in [-0.2, 0) is 0 Å². The second-order valence-corrected chi connectivity index (χ2v) is 7.22. The average Bonchev–Trinajstić information content (AvgIpc) is 2.25. The minimum absolute atomic E-state index is 0. The summed E-state index contributed by atoms with van der Waals surface area (Å²) in [5.74, 6) is -4.97. The molecule has 8 heteroatoms. The predicted octanol–water partition coefficient (Wildman–Crippen LogP) is 5.20. The number of nitrogens with two attached hydrogens (primary N) is 1. The second-order valence-electron chi connectivity index (χ2n) is 5.35. The van der Waals surface area contributed by atoms with Crippen molar-refractivity contribution >= 4 is 24.2 Å². The third-order valence-electron chi connectivity index (χ3n) is 2.44. The summed E-state index contributed by atoms with van der Waals surface area (Å²) in [6, 6.07) is 3.26. The van der Waals surface area contributed by atoms with Crippen molar-refractivity contribution in [2.24, 2.45) is 5.73 Å². The van der Waals surface area contributed by atoms with Crippen molar-refractivity contribution < 1.29 is 22.0 Å². The quantitative estimate of drug-likeness (QED) is 0.600. The van der Waals surface area contributed by atoms with Crippen molar-refractivity contribution in [1.82, 2.24) is 0 Å². The summed E-state index contributed by atoms with van der Waals surface area (Å²) in [4.78, 5) is 0.330. The Morgan fingerprint density at radius 1 is 1.00 bits per heavy atom. The lowest BCUT2D eigenvalue weighted by molar-refractivity contribution is -0.291. The van der Waals surface area contributed by atoms with Crippen molar-refractivity contribution in [2.45, 2.75) is 48.6 Å². The highest BCUT2D eigenvalue weighted by atomic mass is 35.5. The normalized spacial score (nSPS) is 14.5. The SMILES string of the molecule is CC(C)(C)Sc1ccccc1[C@@H](N)C(F)(F)C(F)(F)F.Cl. The molecule has 0 bridgehead atoms. The van der Waals surface area contributed by atoms with Gasteiger partial charge in [0.05, 0.1) is 0 Å². The number of benzene rings is 1. The van der Waals surface area contributed by atoms with Crippen molar-refractivity contribution in [3.05, 3.63) is 29.8 Å². The lowest BCUT2D eigenvalue weighted by Gasteiger charge is -2.28. The predicted molar refractivity (Wildman–Crippen MR) is 77.2 cm³/mol. The summed E-state index contributed by atoms with van der Waals surface area (Å²) in [7, 11) is 0. The first-order valence-corrected chi connectivity index (χ1v) is 6.66. The molecule has 1 aromatic rings. The molecule has 0 saturated carbocycles. The molecule has 122 valence electrons. The molecule has 0 radical (unpaired) electrons. The Morgan fingerprint density at radius 3 is 1.90 bits per heavy atom. The molecule has 0 aliphatic rings. The molecule has 0 aliphatic carbocycles. The third-order valence-corrected chi connectivity index (χ3v) is 3.64. The van der Waals surface area contributed by atoms with E-state index in [2.05, 4.69) is 0 Å². The van der Waals surface area contributed by atoms with Gasteiger partial charge in [-0.15, -0.1) is 24.2 Å². The van der Waals surface area contributed by atoms with Crippen LogP contribution in [0.15, 0.2) is 29.2 Å². The van der Waals surface area contributed by atoms with Gasteiger partial charge in [0.15, 0.2) is 0 Å². The zero-order valence-electron chi connectivity index (χ0n) is 11.7.